The van der Waals surface area contributed by atoms with E-state index in [9.17, 15) is 18.0 Å². The Bertz CT molecular complexity index is 1250. The standard InChI is InChI=1S/C21H16F3N3O2/c1-11-7-8-16-17(9-11)29-20(25-16)19(28)18-12(2)26-27(13(18)3)15-6-4-5-14(10-15)21(22,23)24/h4-10H,1-3H3. The second-order valence-electron chi connectivity index (χ2n) is 6.83. The van der Waals surface area contributed by atoms with Crippen LogP contribution in [0.15, 0.2) is 46.9 Å². The minimum atomic E-state index is -4.47. The van der Waals surface area contributed by atoms with Crippen LogP contribution >= 0.6 is 0 Å². The number of nitrogens with zero attached hydrogens (tertiary/aromatic N) is 3. The highest BCUT2D eigenvalue weighted by molar-refractivity contribution is 6.08. The van der Waals surface area contributed by atoms with E-state index in [0.29, 0.717) is 22.5 Å². The summed E-state index contributed by atoms with van der Waals surface area (Å²) in [5.41, 5.74) is 2.49. The van der Waals surface area contributed by atoms with Crippen molar-refractivity contribution in [2.75, 3.05) is 0 Å². The average Bonchev–Trinajstić information content (AvgIpc) is 3.21. The number of oxazole rings is 1. The van der Waals surface area contributed by atoms with E-state index in [4.69, 9.17) is 4.42 Å². The number of hydrogen-bond donors (Lipinski definition) is 0. The van der Waals surface area contributed by atoms with E-state index in [1.807, 2.05) is 13.0 Å². The number of fused-ring (bicyclic) bond motifs is 1. The zero-order valence-electron chi connectivity index (χ0n) is 15.8. The number of benzene rings is 2. The Morgan fingerprint density at radius 3 is 2.55 bits per heavy atom. The Hall–Kier alpha value is -3.42. The van der Waals surface area contributed by atoms with Crippen molar-refractivity contribution in [3.05, 3.63) is 76.4 Å². The van der Waals surface area contributed by atoms with Crippen molar-refractivity contribution in [2.45, 2.75) is 26.9 Å². The number of alkyl halides is 3. The first-order valence-corrected chi connectivity index (χ1v) is 8.81. The minimum absolute atomic E-state index is 0.0830. The third kappa shape index (κ3) is 3.30. The Kier molecular flexibility index (Phi) is 4.29. The molecule has 0 saturated carbocycles. The molecule has 29 heavy (non-hydrogen) atoms. The zero-order valence-corrected chi connectivity index (χ0v) is 15.8. The molecule has 0 bridgehead atoms. The minimum Gasteiger partial charge on any atom is -0.433 e. The van der Waals surface area contributed by atoms with E-state index in [0.717, 1.165) is 17.7 Å². The molecule has 8 heteroatoms. The van der Waals surface area contributed by atoms with Gasteiger partial charge in [0.2, 0.25) is 0 Å². The van der Waals surface area contributed by atoms with Crippen LogP contribution in [0.5, 0.6) is 0 Å². The molecule has 0 unspecified atom stereocenters. The summed E-state index contributed by atoms with van der Waals surface area (Å²) in [6, 6.07) is 10.2. The Morgan fingerprint density at radius 2 is 1.83 bits per heavy atom. The van der Waals surface area contributed by atoms with Crippen molar-refractivity contribution in [1.82, 2.24) is 14.8 Å². The van der Waals surface area contributed by atoms with Crippen LogP contribution in [0.4, 0.5) is 13.2 Å². The van der Waals surface area contributed by atoms with Crippen molar-refractivity contribution in [3.63, 3.8) is 0 Å². The molecule has 5 nitrogen and oxygen atoms in total. The molecule has 0 fully saturated rings. The van der Waals surface area contributed by atoms with Gasteiger partial charge in [0.25, 0.3) is 11.7 Å². The van der Waals surface area contributed by atoms with Crippen LogP contribution < -0.4 is 0 Å². The van der Waals surface area contributed by atoms with Crippen LogP contribution in [0, 0.1) is 20.8 Å². The van der Waals surface area contributed by atoms with Crippen molar-refractivity contribution in [2.24, 2.45) is 0 Å². The highest BCUT2D eigenvalue weighted by Gasteiger charge is 2.31. The molecule has 2 aromatic carbocycles. The van der Waals surface area contributed by atoms with E-state index in [1.54, 1.807) is 26.0 Å². The SMILES string of the molecule is Cc1ccc2nc(C(=O)c3c(C)nn(-c4cccc(C(F)(F)F)c4)c3C)oc2c1. The van der Waals surface area contributed by atoms with Gasteiger partial charge >= 0.3 is 6.18 Å². The summed E-state index contributed by atoms with van der Waals surface area (Å²) < 4.78 is 46.1. The van der Waals surface area contributed by atoms with Gasteiger partial charge in [0.05, 0.1) is 28.2 Å². The largest absolute Gasteiger partial charge is 0.433 e. The second kappa shape index (κ2) is 6.58. The third-order valence-electron chi connectivity index (χ3n) is 4.67. The lowest BCUT2D eigenvalue weighted by atomic mass is 10.1. The normalized spacial score (nSPS) is 11.9. The lowest BCUT2D eigenvalue weighted by Crippen LogP contribution is -2.08. The third-order valence-corrected chi connectivity index (χ3v) is 4.67. The number of carbonyl (C=O) groups excluding carboxylic acids is 1. The summed E-state index contributed by atoms with van der Waals surface area (Å²) in [5.74, 6) is -0.549. The summed E-state index contributed by atoms with van der Waals surface area (Å²) >= 11 is 0. The van der Waals surface area contributed by atoms with Crippen molar-refractivity contribution in [3.8, 4) is 5.69 Å². The quantitative estimate of drug-likeness (QED) is 0.445. The van der Waals surface area contributed by atoms with Gasteiger partial charge in [-0.1, -0.05) is 12.1 Å². The molecule has 0 amide bonds. The van der Waals surface area contributed by atoms with E-state index in [2.05, 4.69) is 10.1 Å². The van der Waals surface area contributed by atoms with Gasteiger partial charge in [0, 0.05) is 0 Å². The number of aryl methyl sites for hydroxylation is 2. The van der Waals surface area contributed by atoms with E-state index in [1.165, 1.54) is 16.8 Å². The zero-order chi connectivity index (χ0) is 20.9. The molecule has 0 radical (unpaired) electrons. The monoisotopic (exact) mass is 399 g/mol. The van der Waals surface area contributed by atoms with Crippen molar-refractivity contribution < 1.29 is 22.4 Å². The molecule has 0 aliphatic rings. The fraction of sp³-hybridized carbons (Fsp3) is 0.190. The van der Waals surface area contributed by atoms with Gasteiger partial charge in [0.1, 0.15) is 5.52 Å². The maximum absolute atomic E-state index is 13.0. The van der Waals surface area contributed by atoms with Gasteiger partial charge in [-0.05, 0) is 56.7 Å². The van der Waals surface area contributed by atoms with Gasteiger partial charge in [-0.2, -0.15) is 18.3 Å². The predicted octanol–water partition coefficient (Wildman–Crippen LogP) is 5.19. The van der Waals surface area contributed by atoms with Crippen LogP contribution in [0.25, 0.3) is 16.8 Å². The molecule has 0 saturated heterocycles. The maximum atomic E-state index is 13.0. The van der Waals surface area contributed by atoms with E-state index < -0.39 is 17.5 Å². The molecule has 0 aliphatic carbocycles. The first-order valence-electron chi connectivity index (χ1n) is 8.81. The Morgan fingerprint density at radius 1 is 1.07 bits per heavy atom. The molecular weight excluding hydrogens is 383 g/mol. The van der Waals surface area contributed by atoms with Gasteiger partial charge in [-0.25, -0.2) is 9.67 Å². The molecule has 148 valence electrons. The smallest absolute Gasteiger partial charge is 0.416 e. The van der Waals surface area contributed by atoms with Crippen LogP contribution in [0.1, 0.15) is 38.8 Å². The van der Waals surface area contributed by atoms with Gasteiger partial charge < -0.3 is 4.42 Å². The number of hydrogen-bond acceptors (Lipinski definition) is 4. The van der Waals surface area contributed by atoms with Gasteiger partial charge in [-0.3, -0.25) is 4.79 Å². The van der Waals surface area contributed by atoms with Crippen LogP contribution in [-0.2, 0) is 6.18 Å². The number of ketones is 1. The molecule has 0 N–H and O–H groups in total. The molecule has 4 rings (SSSR count). The summed E-state index contributed by atoms with van der Waals surface area (Å²) in [7, 11) is 0. The highest BCUT2D eigenvalue weighted by atomic mass is 19.4. The fourth-order valence-corrected chi connectivity index (χ4v) is 3.27. The summed E-state index contributed by atoms with van der Waals surface area (Å²) in [4.78, 5) is 17.3. The Balaban J connectivity index is 1.78. The first kappa shape index (κ1) is 18.9. The first-order chi connectivity index (χ1) is 13.6. The average molecular weight is 399 g/mol. The second-order valence-corrected chi connectivity index (χ2v) is 6.83. The summed E-state index contributed by atoms with van der Waals surface area (Å²) in [5, 5.41) is 4.28. The number of rotatable bonds is 3. The number of halogens is 3. The number of aromatic nitrogens is 3. The molecular formula is C21H16F3N3O2. The van der Waals surface area contributed by atoms with Gasteiger partial charge in [0.15, 0.2) is 5.58 Å². The van der Waals surface area contributed by atoms with Crippen molar-refractivity contribution in [1.29, 1.82) is 0 Å². The predicted molar refractivity (Wildman–Crippen MR) is 100 cm³/mol. The number of carbonyl (C=O) groups is 1. The van der Waals surface area contributed by atoms with Crippen molar-refractivity contribution >= 4 is 16.9 Å². The molecule has 4 aromatic rings. The lowest BCUT2D eigenvalue weighted by molar-refractivity contribution is -0.137. The van der Waals surface area contributed by atoms with Crippen LogP contribution in [0.3, 0.4) is 0 Å². The van der Waals surface area contributed by atoms with Crippen LogP contribution in [-0.4, -0.2) is 20.5 Å². The fourth-order valence-electron chi connectivity index (χ4n) is 3.27. The molecule has 0 aliphatic heterocycles. The van der Waals surface area contributed by atoms with Crippen LogP contribution in [0.2, 0.25) is 0 Å². The Labute approximate surface area is 163 Å². The summed E-state index contributed by atoms with van der Waals surface area (Å²) in [6.07, 6.45) is -4.47. The van der Waals surface area contributed by atoms with Gasteiger partial charge in [-0.15, -0.1) is 0 Å². The van der Waals surface area contributed by atoms with E-state index >= 15 is 0 Å². The topological polar surface area (TPSA) is 60.9 Å². The molecule has 2 aromatic heterocycles. The lowest BCUT2D eigenvalue weighted by Gasteiger charge is -2.10. The summed E-state index contributed by atoms with van der Waals surface area (Å²) in [6.45, 7) is 5.15. The maximum Gasteiger partial charge on any atom is 0.416 e. The molecule has 0 spiro atoms. The molecule has 2 heterocycles. The molecule has 0 atom stereocenters. The highest BCUT2D eigenvalue weighted by Crippen LogP contribution is 2.31. The van der Waals surface area contributed by atoms with E-state index in [-0.39, 0.29) is 17.1 Å².